The molecule has 0 atom stereocenters. The number of nitrogens with one attached hydrogen (secondary N) is 4. The van der Waals surface area contributed by atoms with E-state index in [0.29, 0.717) is 18.5 Å². The van der Waals surface area contributed by atoms with Crippen molar-refractivity contribution in [3.8, 4) is 0 Å². The molecule has 0 aliphatic carbocycles. The van der Waals surface area contributed by atoms with Gasteiger partial charge in [-0.15, -0.1) is 0 Å². The van der Waals surface area contributed by atoms with E-state index in [1.807, 2.05) is 6.07 Å². The first kappa shape index (κ1) is 17.3. The first-order valence-electron chi connectivity index (χ1n) is 8.13. The van der Waals surface area contributed by atoms with Gasteiger partial charge in [-0.3, -0.25) is 19.8 Å². The van der Waals surface area contributed by atoms with Crippen molar-refractivity contribution < 1.29 is 14.4 Å². The number of carbonyl (C=O) groups excluding carboxylic acids is 3. The van der Waals surface area contributed by atoms with Crippen molar-refractivity contribution in [2.24, 2.45) is 0 Å². The monoisotopic (exact) mass is 350 g/mol. The van der Waals surface area contributed by atoms with Gasteiger partial charge in [0.25, 0.3) is 11.8 Å². The Hall–Kier alpha value is -3.48. The lowest BCUT2D eigenvalue weighted by molar-refractivity contribution is -0.116. The molecule has 0 spiro atoms. The quantitative estimate of drug-likeness (QED) is 0.504. The molecule has 7 nitrogen and oxygen atoms in total. The van der Waals surface area contributed by atoms with Crippen LogP contribution in [0.5, 0.6) is 0 Å². The van der Waals surface area contributed by atoms with Crippen LogP contribution in [0.2, 0.25) is 0 Å². The van der Waals surface area contributed by atoms with Gasteiger partial charge < -0.3 is 16.0 Å². The second kappa shape index (κ2) is 7.18. The highest BCUT2D eigenvalue weighted by Gasteiger charge is 2.19. The minimum absolute atomic E-state index is 0.00180. The van der Waals surface area contributed by atoms with Crippen LogP contribution in [0.3, 0.4) is 0 Å². The van der Waals surface area contributed by atoms with E-state index in [0.717, 1.165) is 11.3 Å². The summed E-state index contributed by atoms with van der Waals surface area (Å²) >= 11 is 0. The molecule has 2 aromatic carbocycles. The second-order valence-corrected chi connectivity index (χ2v) is 6.00. The van der Waals surface area contributed by atoms with Crippen molar-refractivity contribution in [2.45, 2.75) is 19.8 Å². The second-order valence-electron chi connectivity index (χ2n) is 6.00. The molecule has 1 aliphatic heterocycles. The summed E-state index contributed by atoms with van der Waals surface area (Å²) in [4.78, 5) is 36.2. The number of fused-ring (bicyclic) bond motifs is 1. The first-order chi connectivity index (χ1) is 12.4. The van der Waals surface area contributed by atoms with E-state index in [4.69, 9.17) is 5.41 Å². The Labute approximate surface area is 150 Å². The molecule has 0 aromatic heterocycles. The van der Waals surface area contributed by atoms with E-state index in [9.17, 15) is 14.4 Å². The zero-order valence-corrected chi connectivity index (χ0v) is 14.2. The Bertz CT molecular complexity index is 921. The predicted octanol–water partition coefficient (Wildman–Crippen LogP) is 2.55. The van der Waals surface area contributed by atoms with Crippen molar-refractivity contribution in [2.75, 3.05) is 10.6 Å². The first-order valence-corrected chi connectivity index (χ1v) is 8.13. The lowest BCUT2D eigenvalue weighted by atomic mass is 10.0. The van der Waals surface area contributed by atoms with Crippen LogP contribution in [-0.2, 0) is 11.2 Å². The summed E-state index contributed by atoms with van der Waals surface area (Å²) in [5, 5.41) is 15.3. The number of hydrogen-bond donors (Lipinski definition) is 4. The van der Waals surface area contributed by atoms with Crippen LogP contribution in [0.4, 0.5) is 11.4 Å². The number of rotatable bonds is 3. The Morgan fingerprint density at radius 3 is 2.42 bits per heavy atom. The van der Waals surface area contributed by atoms with Gasteiger partial charge in [-0.25, -0.2) is 0 Å². The molecule has 4 N–H and O–H groups in total. The zero-order valence-electron chi connectivity index (χ0n) is 14.2. The molecule has 3 rings (SSSR count). The van der Waals surface area contributed by atoms with Gasteiger partial charge in [0.15, 0.2) is 0 Å². The normalized spacial score (nSPS) is 12.6. The van der Waals surface area contributed by atoms with E-state index < -0.39 is 11.8 Å². The highest BCUT2D eigenvalue weighted by molar-refractivity contribution is 6.14. The summed E-state index contributed by atoms with van der Waals surface area (Å²) in [6.45, 7) is 1.45. The maximum Gasteiger partial charge on any atom is 0.257 e. The summed E-state index contributed by atoms with van der Waals surface area (Å²) in [7, 11) is 0. The van der Waals surface area contributed by atoms with Crippen LogP contribution >= 0.6 is 0 Å². The van der Waals surface area contributed by atoms with Crippen LogP contribution in [0, 0.1) is 5.41 Å². The van der Waals surface area contributed by atoms with Crippen LogP contribution in [0.15, 0.2) is 42.5 Å². The highest BCUT2D eigenvalue weighted by atomic mass is 16.2. The van der Waals surface area contributed by atoms with Gasteiger partial charge in [-0.2, -0.15) is 0 Å². The number of benzene rings is 2. The average molecular weight is 350 g/mol. The molecule has 26 heavy (non-hydrogen) atoms. The molecule has 0 saturated heterocycles. The van der Waals surface area contributed by atoms with E-state index >= 15 is 0 Å². The Balaban J connectivity index is 1.82. The Morgan fingerprint density at radius 2 is 1.73 bits per heavy atom. The lowest BCUT2D eigenvalue weighted by Crippen LogP contribution is -2.29. The lowest BCUT2D eigenvalue weighted by Gasteiger charge is -2.18. The molecule has 0 bridgehead atoms. The molecule has 0 fully saturated rings. The van der Waals surface area contributed by atoms with Crippen molar-refractivity contribution >= 4 is 34.9 Å². The van der Waals surface area contributed by atoms with Crippen LogP contribution in [0.25, 0.3) is 0 Å². The van der Waals surface area contributed by atoms with Crippen LogP contribution < -0.4 is 16.0 Å². The van der Waals surface area contributed by atoms with E-state index in [1.54, 1.807) is 30.3 Å². The summed E-state index contributed by atoms with van der Waals surface area (Å²) < 4.78 is 0. The van der Waals surface area contributed by atoms with Gasteiger partial charge in [0.2, 0.25) is 5.91 Å². The van der Waals surface area contributed by atoms with Gasteiger partial charge in [-0.05, 0) is 49.2 Å². The smallest absolute Gasteiger partial charge is 0.257 e. The van der Waals surface area contributed by atoms with E-state index in [2.05, 4.69) is 16.0 Å². The third-order valence-corrected chi connectivity index (χ3v) is 3.98. The molecule has 7 heteroatoms. The fourth-order valence-corrected chi connectivity index (χ4v) is 2.78. The number of anilines is 2. The molecular weight excluding hydrogens is 332 g/mol. The van der Waals surface area contributed by atoms with Crippen molar-refractivity contribution in [3.63, 3.8) is 0 Å². The third-order valence-electron chi connectivity index (χ3n) is 3.98. The molecule has 0 saturated carbocycles. The largest absolute Gasteiger partial charge is 0.326 e. The number of carbonyl (C=O) groups is 3. The predicted molar refractivity (Wildman–Crippen MR) is 98.7 cm³/mol. The number of amidine groups is 1. The summed E-state index contributed by atoms with van der Waals surface area (Å²) in [5.41, 5.74) is 2.70. The minimum atomic E-state index is -0.503. The molecule has 0 radical (unpaired) electrons. The number of aryl methyl sites for hydroxylation is 1. The summed E-state index contributed by atoms with van der Waals surface area (Å²) in [6.07, 6.45) is 1.03. The average Bonchev–Trinajstić information content (AvgIpc) is 2.61. The third kappa shape index (κ3) is 3.77. The topological polar surface area (TPSA) is 111 Å². The maximum absolute atomic E-state index is 12.6. The molecule has 3 amide bonds. The van der Waals surface area contributed by atoms with Crippen LogP contribution in [0.1, 0.15) is 39.6 Å². The van der Waals surface area contributed by atoms with Gasteiger partial charge in [0.05, 0.1) is 17.0 Å². The Kier molecular flexibility index (Phi) is 4.79. The summed E-state index contributed by atoms with van der Waals surface area (Å²) in [6, 6.07) is 11.7. The fourth-order valence-electron chi connectivity index (χ4n) is 2.78. The van der Waals surface area contributed by atoms with Crippen molar-refractivity contribution in [3.05, 3.63) is 59.2 Å². The fraction of sp³-hybridized carbons (Fsp3) is 0.158. The van der Waals surface area contributed by atoms with Gasteiger partial charge >= 0.3 is 0 Å². The molecule has 2 aromatic rings. The van der Waals surface area contributed by atoms with Gasteiger partial charge in [-0.1, -0.05) is 12.1 Å². The standard InChI is InChI=1S/C19H18N4O3/c1-11(20)21-18(25)14-4-2-3-5-15(14)19(26)22-13-7-8-16-12(10-13)6-9-17(24)23-16/h2-5,7-8,10H,6,9H2,1H3,(H,22,26)(H,23,24)(H2,20,21,25). The SMILES string of the molecule is CC(=N)NC(=O)c1ccccc1C(=O)Nc1ccc2c(c1)CCC(=O)N2. The number of amides is 3. The number of hydrogen-bond acceptors (Lipinski definition) is 4. The van der Waals surface area contributed by atoms with Crippen molar-refractivity contribution in [1.29, 1.82) is 5.41 Å². The van der Waals surface area contributed by atoms with Crippen molar-refractivity contribution in [1.82, 2.24) is 5.32 Å². The Morgan fingerprint density at radius 1 is 1.04 bits per heavy atom. The van der Waals surface area contributed by atoms with Gasteiger partial charge in [0.1, 0.15) is 0 Å². The summed E-state index contributed by atoms with van der Waals surface area (Å²) in [5.74, 6) is -0.938. The molecule has 132 valence electrons. The van der Waals surface area contributed by atoms with E-state index in [1.165, 1.54) is 13.0 Å². The molecule has 1 heterocycles. The van der Waals surface area contributed by atoms with Gasteiger partial charge in [0, 0.05) is 17.8 Å². The van der Waals surface area contributed by atoms with E-state index in [-0.39, 0.29) is 22.9 Å². The molecule has 0 unspecified atom stereocenters. The molecular formula is C19H18N4O3. The highest BCUT2D eigenvalue weighted by Crippen LogP contribution is 2.26. The molecule has 1 aliphatic rings. The maximum atomic E-state index is 12.6. The minimum Gasteiger partial charge on any atom is -0.326 e. The van der Waals surface area contributed by atoms with Crippen LogP contribution in [-0.4, -0.2) is 23.6 Å². The zero-order chi connectivity index (χ0) is 18.7.